The number of amides is 2. The highest BCUT2D eigenvalue weighted by atomic mass is 32.2. The molecule has 1 saturated heterocycles. The van der Waals surface area contributed by atoms with Crippen molar-refractivity contribution in [1.82, 2.24) is 10.2 Å². The first kappa shape index (κ1) is 20.0. The molecule has 1 heterocycles. The number of hydrogen-bond acceptors (Lipinski definition) is 6. The van der Waals surface area contributed by atoms with E-state index in [0.717, 1.165) is 41.9 Å². The van der Waals surface area contributed by atoms with Gasteiger partial charge in [-0.3, -0.25) is 14.9 Å². The van der Waals surface area contributed by atoms with Gasteiger partial charge in [0.1, 0.15) is 18.2 Å². The summed E-state index contributed by atoms with van der Waals surface area (Å²) >= 11 is 1.05. The van der Waals surface area contributed by atoms with Crippen molar-refractivity contribution in [3.05, 3.63) is 41.7 Å². The Morgan fingerprint density at radius 1 is 1.35 bits per heavy atom. The van der Waals surface area contributed by atoms with Crippen LogP contribution in [-0.2, 0) is 11.2 Å². The summed E-state index contributed by atoms with van der Waals surface area (Å²) in [4.78, 5) is 29.3. The average Bonchev–Trinajstić information content (AvgIpc) is 2.94. The molecule has 0 radical (unpaired) electrons. The van der Waals surface area contributed by atoms with E-state index in [2.05, 4.69) is 17.2 Å². The molecule has 1 unspecified atom stereocenters. The van der Waals surface area contributed by atoms with Crippen LogP contribution < -0.4 is 10.1 Å². The van der Waals surface area contributed by atoms with Crippen LogP contribution in [0.15, 0.2) is 41.2 Å². The number of aliphatic imine (C=N–C) groups is 1. The van der Waals surface area contributed by atoms with E-state index in [9.17, 15) is 9.59 Å². The Morgan fingerprint density at radius 2 is 2.08 bits per heavy atom. The van der Waals surface area contributed by atoms with Crippen molar-refractivity contribution in [2.24, 2.45) is 4.99 Å². The monoisotopic (exact) mass is 375 g/mol. The highest BCUT2D eigenvalue weighted by Crippen LogP contribution is 2.23. The van der Waals surface area contributed by atoms with Crippen molar-refractivity contribution in [1.29, 1.82) is 0 Å². The average molecular weight is 375 g/mol. The van der Waals surface area contributed by atoms with E-state index in [1.165, 1.54) is 0 Å². The Morgan fingerprint density at radius 3 is 2.65 bits per heavy atom. The maximum Gasteiger partial charge on any atom is 0.286 e. The third-order valence-electron chi connectivity index (χ3n) is 3.86. The lowest BCUT2D eigenvalue weighted by molar-refractivity contribution is -0.118. The fourth-order valence-electron chi connectivity index (χ4n) is 2.46. The first-order valence-corrected chi connectivity index (χ1v) is 9.54. The highest BCUT2D eigenvalue weighted by molar-refractivity contribution is 8.15. The van der Waals surface area contributed by atoms with Gasteiger partial charge in [0.25, 0.3) is 5.24 Å². The zero-order chi connectivity index (χ0) is 18.9. The molecule has 2 amide bonds. The maximum atomic E-state index is 11.6. The lowest BCUT2D eigenvalue weighted by atomic mass is 10.1. The summed E-state index contributed by atoms with van der Waals surface area (Å²) < 4.78 is 5.78. The summed E-state index contributed by atoms with van der Waals surface area (Å²) in [7, 11) is 1.99. The van der Waals surface area contributed by atoms with Gasteiger partial charge in [-0.1, -0.05) is 30.8 Å². The quantitative estimate of drug-likeness (QED) is 0.671. The van der Waals surface area contributed by atoms with Gasteiger partial charge >= 0.3 is 0 Å². The van der Waals surface area contributed by atoms with Crippen LogP contribution >= 0.6 is 11.8 Å². The number of nitrogens with zero attached hydrogens (tertiary/aromatic N) is 2. The summed E-state index contributed by atoms with van der Waals surface area (Å²) in [5.74, 6) is 1.49. The number of imide groups is 1. The van der Waals surface area contributed by atoms with Crippen LogP contribution in [0.2, 0.25) is 0 Å². The van der Waals surface area contributed by atoms with Gasteiger partial charge in [-0.15, -0.1) is 0 Å². The molecule has 0 saturated carbocycles. The molecule has 6 nitrogen and oxygen atoms in total. The molecule has 1 aliphatic rings. The van der Waals surface area contributed by atoms with Crippen LogP contribution in [0.1, 0.15) is 25.8 Å². The van der Waals surface area contributed by atoms with E-state index in [4.69, 9.17) is 4.74 Å². The van der Waals surface area contributed by atoms with Crippen LogP contribution in [0.4, 0.5) is 4.79 Å². The second-order valence-corrected chi connectivity index (χ2v) is 7.04. The maximum absolute atomic E-state index is 11.6. The van der Waals surface area contributed by atoms with E-state index < -0.39 is 0 Å². The molecule has 1 N–H and O–H groups in total. The summed E-state index contributed by atoms with van der Waals surface area (Å²) in [6, 6.07) is 7.64. The van der Waals surface area contributed by atoms with E-state index in [0.29, 0.717) is 13.0 Å². The van der Waals surface area contributed by atoms with Crippen LogP contribution in [0.3, 0.4) is 0 Å². The predicted molar refractivity (Wildman–Crippen MR) is 106 cm³/mol. The standard InChI is InChI=1S/C19H25N3O3S/c1-4-10-20-17(5-2)22(3)11-12-25-15-8-6-14(7-9-15)13-16-18(23)21-19(24)26-16/h5-10,16H,4,11-13H2,1-3H3,(H,21,23,24)/b17-5+,20-10-. The predicted octanol–water partition coefficient (Wildman–Crippen LogP) is 3.23. The van der Waals surface area contributed by atoms with Crippen molar-refractivity contribution in [2.75, 3.05) is 20.2 Å². The SMILES string of the molecule is C/C=C(\N=C/CC)N(C)CCOc1ccc(CC2SC(=O)NC2=O)cc1. The summed E-state index contributed by atoms with van der Waals surface area (Å²) in [5.41, 5.74) is 1.00. The Balaban J connectivity index is 1.79. The van der Waals surface area contributed by atoms with Crippen LogP contribution in [-0.4, -0.2) is 47.7 Å². The molecule has 1 atom stereocenters. The topological polar surface area (TPSA) is 71.0 Å². The zero-order valence-electron chi connectivity index (χ0n) is 15.4. The van der Waals surface area contributed by atoms with Crippen molar-refractivity contribution < 1.29 is 14.3 Å². The molecule has 1 aliphatic heterocycles. The zero-order valence-corrected chi connectivity index (χ0v) is 16.2. The Bertz CT molecular complexity index is 686. The number of likely N-dealkylation sites (N-methyl/N-ethyl adjacent to an activating group) is 1. The third kappa shape index (κ3) is 5.91. The molecule has 7 heteroatoms. The Labute approximate surface area is 158 Å². The fourth-order valence-corrected chi connectivity index (χ4v) is 3.32. The summed E-state index contributed by atoms with van der Waals surface area (Å²) in [5, 5.41) is 1.69. The van der Waals surface area contributed by atoms with Gasteiger partial charge < -0.3 is 9.64 Å². The van der Waals surface area contributed by atoms with Crippen molar-refractivity contribution in [3.63, 3.8) is 0 Å². The lowest BCUT2D eigenvalue weighted by Crippen LogP contribution is -2.25. The minimum absolute atomic E-state index is 0.214. The van der Waals surface area contributed by atoms with Gasteiger partial charge in [0.2, 0.25) is 5.91 Å². The van der Waals surface area contributed by atoms with Gasteiger partial charge in [0.05, 0.1) is 11.8 Å². The van der Waals surface area contributed by atoms with Crippen LogP contribution in [0.5, 0.6) is 5.75 Å². The van der Waals surface area contributed by atoms with Gasteiger partial charge in [-0.25, -0.2) is 4.99 Å². The van der Waals surface area contributed by atoms with Crippen molar-refractivity contribution in [3.8, 4) is 5.75 Å². The third-order valence-corrected chi connectivity index (χ3v) is 4.84. The fraction of sp³-hybridized carbons (Fsp3) is 0.421. The highest BCUT2D eigenvalue weighted by Gasteiger charge is 2.31. The second-order valence-electron chi connectivity index (χ2n) is 5.87. The van der Waals surface area contributed by atoms with Crippen LogP contribution in [0, 0.1) is 0 Å². The molecule has 2 rings (SSSR count). The number of rotatable bonds is 9. The minimum atomic E-state index is -0.342. The number of hydrogen-bond donors (Lipinski definition) is 1. The number of ether oxygens (including phenoxy) is 1. The van der Waals surface area contributed by atoms with Crippen molar-refractivity contribution in [2.45, 2.75) is 31.9 Å². The number of thioether (sulfide) groups is 1. The molecular weight excluding hydrogens is 350 g/mol. The molecule has 0 spiro atoms. The number of benzene rings is 1. The minimum Gasteiger partial charge on any atom is -0.492 e. The number of carbonyl (C=O) groups excluding carboxylic acids is 2. The molecule has 0 bridgehead atoms. The molecule has 0 aromatic heterocycles. The Hall–Kier alpha value is -2.28. The molecule has 1 aromatic rings. The molecule has 26 heavy (non-hydrogen) atoms. The first-order valence-electron chi connectivity index (χ1n) is 8.66. The van der Waals surface area contributed by atoms with Gasteiger partial charge in [0.15, 0.2) is 0 Å². The van der Waals surface area contributed by atoms with Crippen LogP contribution in [0.25, 0.3) is 0 Å². The van der Waals surface area contributed by atoms with Gasteiger partial charge in [-0.2, -0.15) is 0 Å². The summed E-state index contributed by atoms with van der Waals surface area (Å²) in [6.07, 6.45) is 5.30. The van der Waals surface area contributed by atoms with E-state index in [1.807, 2.05) is 55.4 Å². The smallest absolute Gasteiger partial charge is 0.286 e. The molecular formula is C19H25N3O3S. The second kappa shape index (κ2) is 10.0. The molecule has 0 aliphatic carbocycles. The largest absolute Gasteiger partial charge is 0.492 e. The number of nitrogens with one attached hydrogen (secondary N) is 1. The summed E-state index contributed by atoms with van der Waals surface area (Å²) in [6.45, 7) is 5.29. The number of allylic oxidation sites excluding steroid dienone is 1. The van der Waals surface area contributed by atoms with E-state index in [-0.39, 0.29) is 16.4 Å². The molecule has 140 valence electrons. The van der Waals surface area contributed by atoms with Crippen molar-refractivity contribution >= 4 is 29.1 Å². The van der Waals surface area contributed by atoms with Gasteiger partial charge in [0, 0.05) is 13.3 Å². The first-order chi connectivity index (χ1) is 12.5. The Kier molecular flexibility index (Phi) is 7.72. The lowest BCUT2D eigenvalue weighted by Gasteiger charge is -2.19. The van der Waals surface area contributed by atoms with E-state index in [1.54, 1.807) is 0 Å². The van der Waals surface area contributed by atoms with Gasteiger partial charge in [-0.05, 0) is 43.5 Å². The molecule has 1 fully saturated rings. The van der Waals surface area contributed by atoms with E-state index >= 15 is 0 Å². The normalized spacial score (nSPS) is 17.7. The number of carbonyl (C=O) groups is 2. The molecule has 1 aromatic carbocycles.